The molecule has 2 aromatic rings. The zero-order valence-electron chi connectivity index (χ0n) is 17.9. The summed E-state index contributed by atoms with van der Waals surface area (Å²) in [5.74, 6) is -0.556. The second-order valence-corrected chi connectivity index (χ2v) is 8.35. The molecule has 0 bridgehead atoms. The summed E-state index contributed by atoms with van der Waals surface area (Å²) in [4.78, 5) is 37.6. The number of hydrogen-bond acceptors (Lipinski definition) is 3. The Morgan fingerprint density at radius 1 is 0.967 bits per heavy atom. The molecule has 0 heterocycles. The lowest BCUT2D eigenvalue weighted by Gasteiger charge is -2.22. The van der Waals surface area contributed by atoms with Crippen molar-refractivity contribution in [2.45, 2.75) is 46.6 Å². The van der Waals surface area contributed by atoms with Gasteiger partial charge in [-0.05, 0) is 62.4 Å². The molecular formula is C24H29N3O3. The van der Waals surface area contributed by atoms with Crippen molar-refractivity contribution < 1.29 is 14.4 Å². The van der Waals surface area contributed by atoms with Gasteiger partial charge >= 0.3 is 0 Å². The van der Waals surface area contributed by atoms with Gasteiger partial charge in [-0.2, -0.15) is 0 Å². The Morgan fingerprint density at radius 2 is 1.70 bits per heavy atom. The van der Waals surface area contributed by atoms with E-state index in [4.69, 9.17) is 0 Å². The lowest BCUT2D eigenvalue weighted by molar-refractivity contribution is -0.119. The molecule has 0 radical (unpaired) electrons. The van der Waals surface area contributed by atoms with E-state index in [0.29, 0.717) is 16.9 Å². The molecule has 1 unspecified atom stereocenters. The molecule has 0 saturated heterocycles. The summed E-state index contributed by atoms with van der Waals surface area (Å²) in [6.07, 6.45) is 1.86. The monoisotopic (exact) mass is 407 g/mol. The van der Waals surface area contributed by atoms with Gasteiger partial charge in [0.2, 0.25) is 11.8 Å². The average molecular weight is 408 g/mol. The maximum atomic E-state index is 13.0. The SMILES string of the molecule is Cc1cccc(C(=O)NC(C(=O)Nc2cc(NC(=O)C3CC3)ccc2C)C(C)C)c1. The molecule has 3 amide bonds. The second kappa shape index (κ2) is 9.11. The van der Waals surface area contributed by atoms with Crippen LogP contribution in [0, 0.1) is 25.7 Å². The fraction of sp³-hybridized carbons (Fsp3) is 0.375. The van der Waals surface area contributed by atoms with Gasteiger partial charge in [-0.15, -0.1) is 0 Å². The highest BCUT2D eigenvalue weighted by Crippen LogP contribution is 2.31. The smallest absolute Gasteiger partial charge is 0.251 e. The number of anilines is 2. The van der Waals surface area contributed by atoms with Crippen molar-refractivity contribution in [3.63, 3.8) is 0 Å². The van der Waals surface area contributed by atoms with Crippen LogP contribution in [-0.2, 0) is 9.59 Å². The van der Waals surface area contributed by atoms with Gasteiger partial charge in [-0.3, -0.25) is 14.4 Å². The minimum absolute atomic E-state index is 0.0154. The van der Waals surface area contributed by atoms with Crippen molar-refractivity contribution in [1.29, 1.82) is 0 Å². The largest absolute Gasteiger partial charge is 0.340 e. The molecule has 0 aliphatic heterocycles. The van der Waals surface area contributed by atoms with Crippen molar-refractivity contribution in [1.82, 2.24) is 5.32 Å². The lowest BCUT2D eigenvalue weighted by atomic mass is 10.0. The van der Waals surface area contributed by atoms with Crippen molar-refractivity contribution in [3.05, 3.63) is 59.2 Å². The number of rotatable bonds is 7. The van der Waals surface area contributed by atoms with E-state index in [-0.39, 0.29) is 29.6 Å². The van der Waals surface area contributed by atoms with Crippen LogP contribution in [0.25, 0.3) is 0 Å². The highest BCUT2D eigenvalue weighted by molar-refractivity contribution is 6.02. The Balaban J connectivity index is 1.71. The third kappa shape index (κ3) is 5.47. The molecule has 1 saturated carbocycles. The summed E-state index contributed by atoms with van der Waals surface area (Å²) in [5, 5.41) is 8.66. The summed E-state index contributed by atoms with van der Waals surface area (Å²) in [5.41, 5.74) is 3.64. The molecule has 0 aromatic heterocycles. The highest BCUT2D eigenvalue weighted by Gasteiger charge is 2.30. The third-order valence-electron chi connectivity index (χ3n) is 5.23. The van der Waals surface area contributed by atoms with E-state index in [9.17, 15) is 14.4 Å². The second-order valence-electron chi connectivity index (χ2n) is 8.35. The summed E-state index contributed by atoms with van der Waals surface area (Å²) in [7, 11) is 0. The fourth-order valence-corrected chi connectivity index (χ4v) is 3.18. The normalized spacial score (nSPS) is 14.2. The van der Waals surface area contributed by atoms with E-state index in [1.165, 1.54) is 0 Å². The van der Waals surface area contributed by atoms with Crippen LogP contribution in [0.5, 0.6) is 0 Å². The maximum absolute atomic E-state index is 13.0. The molecule has 3 rings (SSSR count). The molecule has 6 heteroatoms. The van der Waals surface area contributed by atoms with Crippen molar-refractivity contribution in [2.75, 3.05) is 10.6 Å². The summed E-state index contributed by atoms with van der Waals surface area (Å²) in [6.45, 7) is 7.58. The van der Waals surface area contributed by atoms with Crippen LogP contribution < -0.4 is 16.0 Å². The zero-order chi connectivity index (χ0) is 21.8. The molecule has 1 aliphatic carbocycles. The van der Waals surface area contributed by atoms with Crippen molar-refractivity contribution in [2.24, 2.45) is 11.8 Å². The summed E-state index contributed by atoms with van der Waals surface area (Å²) in [6, 6.07) is 12.0. The summed E-state index contributed by atoms with van der Waals surface area (Å²) >= 11 is 0. The highest BCUT2D eigenvalue weighted by atomic mass is 16.2. The first kappa shape index (κ1) is 21.6. The van der Waals surface area contributed by atoms with Gasteiger partial charge in [-0.25, -0.2) is 0 Å². The molecule has 1 fully saturated rings. The van der Waals surface area contributed by atoms with Crippen LogP contribution in [0.2, 0.25) is 0 Å². The zero-order valence-corrected chi connectivity index (χ0v) is 17.9. The standard InChI is InChI=1S/C24H29N3O3/c1-14(2)21(27-23(29)18-7-5-6-15(3)12-18)24(30)26-20-13-19(11-8-16(20)4)25-22(28)17-9-10-17/h5-8,11-14,17,21H,9-10H2,1-4H3,(H,25,28)(H,26,30)(H,27,29). The quantitative estimate of drug-likeness (QED) is 0.647. The van der Waals surface area contributed by atoms with Gasteiger partial charge in [0.05, 0.1) is 0 Å². The predicted molar refractivity (Wildman–Crippen MR) is 118 cm³/mol. The Bertz CT molecular complexity index is 964. The van der Waals surface area contributed by atoms with Crippen LogP contribution in [-0.4, -0.2) is 23.8 Å². The first-order valence-electron chi connectivity index (χ1n) is 10.3. The number of nitrogens with one attached hydrogen (secondary N) is 3. The minimum atomic E-state index is -0.692. The number of amides is 3. The van der Waals surface area contributed by atoms with E-state index in [0.717, 1.165) is 24.0 Å². The van der Waals surface area contributed by atoms with Gasteiger partial charge in [0, 0.05) is 22.9 Å². The van der Waals surface area contributed by atoms with Crippen LogP contribution in [0.1, 0.15) is 48.2 Å². The first-order chi connectivity index (χ1) is 14.2. The Morgan fingerprint density at radius 3 is 2.33 bits per heavy atom. The van der Waals surface area contributed by atoms with E-state index >= 15 is 0 Å². The number of benzene rings is 2. The Kier molecular flexibility index (Phi) is 6.55. The molecule has 1 atom stereocenters. The van der Waals surface area contributed by atoms with Gasteiger partial charge in [-0.1, -0.05) is 37.6 Å². The number of aryl methyl sites for hydroxylation is 2. The number of hydrogen-bond donors (Lipinski definition) is 3. The topological polar surface area (TPSA) is 87.3 Å². The van der Waals surface area contributed by atoms with Gasteiger partial charge < -0.3 is 16.0 Å². The van der Waals surface area contributed by atoms with E-state index in [2.05, 4.69) is 16.0 Å². The number of carbonyl (C=O) groups is 3. The van der Waals surface area contributed by atoms with Gasteiger partial charge in [0.15, 0.2) is 0 Å². The number of carbonyl (C=O) groups excluding carboxylic acids is 3. The van der Waals surface area contributed by atoms with Gasteiger partial charge in [0.25, 0.3) is 5.91 Å². The minimum Gasteiger partial charge on any atom is -0.340 e. The molecule has 3 N–H and O–H groups in total. The maximum Gasteiger partial charge on any atom is 0.251 e. The fourth-order valence-electron chi connectivity index (χ4n) is 3.18. The Labute approximate surface area is 177 Å². The molecule has 2 aromatic carbocycles. The average Bonchev–Trinajstić information content (AvgIpc) is 3.53. The lowest BCUT2D eigenvalue weighted by Crippen LogP contribution is -2.47. The summed E-state index contributed by atoms with van der Waals surface area (Å²) < 4.78 is 0. The van der Waals surface area contributed by atoms with Crippen LogP contribution in [0.15, 0.2) is 42.5 Å². The van der Waals surface area contributed by atoms with Crippen LogP contribution in [0.3, 0.4) is 0 Å². The molecule has 0 spiro atoms. The van der Waals surface area contributed by atoms with Crippen molar-refractivity contribution >= 4 is 29.1 Å². The van der Waals surface area contributed by atoms with E-state index < -0.39 is 6.04 Å². The Hall–Kier alpha value is -3.15. The van der Waals surface area contributed by atoms with E-state index in [1.807, 2.05) is 52.0 Å². The van der Waals surface area contributed by atoms with Crippen LogP contribution >= 0.6 is 0 Å². The molecule has 1 aliphatic rings. The van der Waals surface area contributed by atoms with E-state index in [1.54, 1.807) is 18.2 Å². The molecule has 6 nitrogen and oxygen atoms in total. The third-order valence-corrected chi connectivity index (χ3v) is 5.23. The first-order valence-corrected chi connectivity index (χ1v) is 10.3. The molecule has 30 heavy (non-hydrogen) atoms. The molecule has 158 valence electrons. The van der Waals surface area contributed by atoms with Crippen LogP contribution in [0.4, 0.5) is 11.4 Å². The van der Waals surface area contributed by atoms with Gasteiger partial charge in [0.1, 0.15) is 6.04 Å². The predicted octanol–water partition coefficient (Wildman–Crippen LogP) is 4.05. The molecular weight excluding hydrogens is 378 g/mol. The van der Waals surface area contributed by atoms with Crippen molar-refractivity contribution in [3.8, 4) is 0 Å².